The van der Waals surface area contributed by atoms with E-state index in [9.17, 15) is 4.79 Å². The molecule has 2 rings (SSSR count). The molecule has 112 valence electrons. The molecule has 20 heavy (non-hydrogen) atoms. The van der Waals surface area contributed by atoms with Gasteiger partial charge in [0.15, 0.2) is 5.69 Å². The number of rotatable bonds is 5. The number of esters is 1. The maximum Gasteiger partial charge on any atom is 0.358 e. The summed E-state index contributed by atoms with van der Waals surface area (Å²) in [6.45, 7) is 4.10. The Morgan fingerprint density at radius 2 is 2.10 bits per heavy atom. The number of nitrogens with zero attached hydrogens (tertiary/aromatic N) is 1. The average Bonchev–Trinajstić information content (AvgIpc) is 2.83. The van der Waals surface area contributed by atoms with Crippen LogP contribution in [0, 0.1) is 12.8 Å². The second-order valence-electron chi connectivity index (χ2n) is 5.23. The summed E-state index contributed by atoms with van der Waals surface area (Å²) in [5, 5.41) is 0.917. The van der Waals surface area contributed by atoms with Gasteiger partial charge in [-0.05, 0) is 32.6 Å². The number of thiazole rings is 1. The standard InChI is InChI=1S/C15H23NO3S/c1-4-19-15(17)12-10(2)20-14(16-12)13(18-3)11-8-6-5-7-9-11/h11,13H,4-9H2,1-3H3. The topological polar surface area (TPSA) is 48.4 Å². The van der Waals surface area contributed by atoms with Crippen molar-refractivity contribution in [3.63, 3.8) is 0 Å². The van der Waals surface area contributed by atoms with Crippen LogP contribution in [0.4, 0.5) is 0 Å². The molecule has 4 nitrogen and oxygen atoms in total. The van der Waals surface area contributed by atoms with Crippen LogP contribution in [-0.4, -0.2) is 24.7 Å². The first-order valence-corrected chi connectivity index (χ1v) is 8.16. The highest BCUT2D eigenvalue weighted by molar-refractivity contribution is 7.11. The van der Waals surface area contributed by atoms with Crippen LogP contribution in [0.25, 0.3) is 0 Å². The Hall–Kier alpha value is -0.940. The van der Waals surface area contributed by atoms with Crippen LogP contribution in [0.5, 0.6) is 0 Å². The molecule has 0 radical (unpaired) electrons. The molecular weight excluding hydrogens is 274 g/mol. The first-order chi connectivity index (χ1) is 9.67. The van der Waals surface area contributed by atoms with Crippen molar-refractivity contribution in [2.45, 2.75) is 52.1 Å². The Balaban J connectivity index is 2.17. The Bertz CT molecular complexity index is 452. The van der Waals surface area contributed by atoms with E-state index < -0.39 is 0 Å². The first kappa shape index (κ1) is 15.4. The predicted molar refractivity (Wildman–Crippen MR) is 79.1 cm³/mol. The number of methoxy groups -OCH3 is 1. The molecule has 1 heterocycles. The average molecular weight is 297 g/mol. The summed E-state index contributed by atoms with van der Waals surface area (Å²) in [5.41, 5.74) is 0.449. The van der Waals surface area contributed by atoms with Gasteiger partial charge in [0.05, 0.1) is 6.61 Å². The van der Waals surface area contributed by atoms with E-state index in [-0.39, 0.29) is 12.1 Å². The Labute approximate surface area is 124 Å². The van der Waals surface area contributed by atoms with Crippen LogP contribution >= 0.6 is 11.3 Å². The summed E-state index contributed by atoms with van der Waals surface area (Å²) >= 11 is 1.56. The van der Waals surface area contributed by atoms with Gasteiger partial charge in [-0.3, -0.25) is 0 Å². The maximum atomic E-state index is 11.8. The van der Waals surface area contributed by atoms with E-state index in [0.29, 0.717) is 18.2 Å². The van der Waals surface area contributed by atoms with Gasteiger partial charge in [0.2, 0.25) is 0 Å². The molecule has 1 saturated carbocycles. The molecule has 1 unspecified atom stereocenters. The van der Waals surface area contributed by atoms with Crippen molar-refractivity contribution in [1.82, 2.24) is 4.98 Å². The zero-order valence-electron chi connectivity index (χ0n) is 12.5. The van der Waals surface area contributed by atoms with Crippen molar-refractivity contribution in [1.29, 1.82) is 0 Å². The molecular formula is C15H23NO3S. The molecule has 0 amide bonds. The Morgan fingerprint density at radius 3 is 2.70 bits per heavy atom. The summed E-state index contributed by atoms with van der Waals surface area (Å²) in [5.74, 6) is 0.195. The van der Waals surface area contributed by atoms with Gasteiger partial charge in [-0.2, -0.15) is 0 Å². The normalized spacial score (nSPS) is 17.9. The maximum absolute atomic E-state index is 11.8. The van der Waals surface area contributed by atoms with Gasteiger partial charge in [0.1, 0.15) is 11.1 Å². The van der Waals surface area contributed by atoms with Crippen molar-refractivity contribution < 1.29 is 14.3 Å². The number of hydrogen-bond donors (Lipinski definition) is 0. The molecule has 1 aliphatic carbocycles. The summed E-state index contributed by atoms with van der Waals surface area (Å²) in [6.07, 6.45) is 6.23. The van der Waals surface area contributed by atoms with Crippen molar-refractivity contribution in [3.05, 3.63) is 15.6 Å². The van der Waals surface area contributed by atoms with Gasteiger partial charge in [-0.1, -0.05) is 19.3 Å². The third-order valence-corrected chi connectivity index (χ3v) is 4.89. The summed E-state index contributed by atoms with van der Waals surface area (Å²) in [4.78, 5) is 17.3. The lowest BCUT2D eigenvalue weighted by Crippen LogP contribution is -2.18. The van der Waals surface area contributed by atoms with E-state index in [1.807, 2.05) is 6.92 Å². The molecule has 1 aliphatic rings. The highest BCUT2D eigenvalue weighted by Gasteiger charge is 2.29. The third kappa shape index (κ3) is 3.38. The van der Waals surface area contributed by atoms with Crippen molar-refractivity contribution in [2.75, 3.05) is 13.7 Å². The van der Waals surface area contributed by atoms with Crippen LogP contribution in [0.3, 0.4) is 0 Å². The zero-order chi connectivity index (χ0) is 14.5. The van der Waals surface area contributed by atoms with Crippen LogP contribution in [0.15, 0.2) is 0 Å². The third-order valence-electron chi connectivity index (χ3n) is 3.86. The minimum Gasteiger partial charge on any atom is -0.461 e. The number of carbonyl (C=O) groups excluding carboxylic acids is 1. The van der Waals surface area contributed by atoms with Crippen LogP contribution in [-0.2, 0) is 9.47 Å². The molecule has 1 aromatic rings. The second kappa shape index (κ2) is 7.18. The van der Waals surface area contributed by atoms with Crippen molar-refractivity contribution in [2.24, 2.45) is 5.92 Å². The fourth-order valence-electron chi connectivity index (χ4n) is 2.86. The summed E-state index contributed by atoms with van der Waals surface area (Å²) < 4.78 is 10.7. The van der Waals surface area contributed by atoms with Crippen LogP contribution in [0.2, 0.25) is 0 Å². The first-order valence-electron chi connectivity index (χ1n) is 7.34. The lowest BCUT2D eigenvalue weighted by Gasteiger charge is -2.27. The minimum atomic E-state index is -0.328. The van der Waals surface area contributed by atoms with Gasteiger partial charge in [-0.25, -0.2) is 9.78 Å². The van der Waals surface area contributed by atoms with Gasteiger partial charge in [0.25, 0.3) is 0 Å². The fourth-order valence-corrected chi connectivity index (χ4v) is 3.94. The van der Waals surface area contributed by atoms with Crippen LogP contribution in [0.1, 0.15) is 65.5 Å². The van der Waals surface area contributed by atoms with Crippen molar-refractivity contribution in [3.8, 4) is 0 Å². The number of carbonyl (C=O) groups is 1. The quantitative estimate of drug-likeness (QED) is 0.773. The largest absolute Gasteiger partial charge is 0.461 e. The highest BCUT2D eigenvalue weighted by Crippen LogP contribution is 2.38. The van der Waals surface area contributed by atoms with Gasteiger partial charge < -0.3 is 9.47 Å². The molecule has 1 fully saturated rings. The SMILES string of the molecule is CCOC(=O)c1nc(C(OC)C2CCCCC2)sc1C. The fraction of sp³-hybridized carbons (Fsp3) is 0.733. The molecule has 1 atom stereocenters. The highest BCUT2D eigenvalue weighted by atomic mass is 32.1. The van der Waals surface area contributed by atoms with E-state index in [1.165, 1.54) is 32.1 Å². The van der Waals surface area contributed by atoms with E-state index in [2.05, 4.69) is 4.98 Å². The Kier molecular flexibility index (Phi) is 5.54. The molecule has 5 heteroatoms. The lowest BCUT2D eigenvalue weighted by atomic mass is 9.85. The number of aryl methyl sites for hydroxylation is 1. The van der Waals surface area contributed by atoms with E-state index >= 15 is 0 Å². The number of aromatic nitrogens is 1. The van der Waals surface area contributed by atoms with E-state index in [1.54, 1.807) is 25.4 Å². The van der Waals surface area contributed by atoms with Crippen LogP contribution < -0.4 is 0 Å². The summed E-state index contributed by atoms with van der Waals surface area (Å²) in [6, 6.07) is 0. The molecule has 0 aromatic carbocycles. The van der Waals surface area contributed by atoms with Crippen molar-refractivity contribution >= 4 is 17.3 Å². The predicted octanol–water partition coefficient (Wildman–Crippen LogP) is 3.90. The molecule has 0 aliphatic heterocycles. The van der Waals surface area contributed by atoms with E-state index in [4.69, 9.17) is 9.47 Å². The zero-order valence-corrected chi connectivity index (χ0v) is 13.3. The molecule has 0 bridgehead atoms. The molecule has 0 N–H and O–H groups in total. The van der Waals surface area contributed by atoms with E-state index in [0.717, 1.165) is 9.88 Å². The minimum absolute atomic E-state index is 0.0159. The summed E-state index contributed by atoms with van der Waals surface area (Å²) in [7, 11) is 1.74. The number of hydrogen-bond acceptors (Lipinski definition) is 5. The Morgan fingerprint density at radius 1 is 1.40 bits per heavy atom. The smallest absolute Gasteiger partial charge is 0.358 e. The molecule has 0 spiro atoms. The van der Waals surface area contributed by atoms with Gasteiger partial charge >= 0.3 is 5.97 Å². The monoisotopic (exact) mass is 297 g/mol. The van der Waals surface area contributed by atoms with Gasteiger partial charge in [-0.15, -0.1) is 11.3 Å². The molecule has 1 aromatic heterocycles. The van der Waals surface area contributed by atoms with Gasteiger partial charge in [0, 0.05) is 12.0 Å². The second-order valence-corrected chi connectivity index (χ2v) is 6.47. The molecule has 0 saturated heterocycles. The number of ether oxygens (including phenoxy) is 2. The lowest BCUT2D eigenvalue weighted by molar-refractivity contribution is 0.0347.